The second kappa shape index (κ2) is 5.83. The quantitative estimate of drug-likeness (QED) is 0.788. The van der Waals surface area contributed by atoms with E-state index in [0.29, 0.717) is 22.4 Å². The maximum atomic E-state index is 14.1. The molecular formula is C14H12ClFN4S. The van der Waals surface area contributed by atoms with Gasteiger partial charge in [-0.1, -0.05) is 11.6 Å². The lowest BCUT2D eigenvalue weighted by molar-refractivity contribution is 0.611. The van der Waals surface area contributed by atoms with Gasteiger partial charge in [-0.25, -0.2) is 14.1 Å². The van der Waals surface area contributed by atoms with Crippen molar-refractivity contribution in [2.24, 2.45) is 0 Å². The van der Waals surface area contributed by atoms with Crippen molar-refractivity contribution < 1.29 is 4.39 Å². The molecule has 0 spiro atoms. The van der Waals surface area contributed by atoms with Gasteiger partial charge in [0.05, 0.1) is 12.7 Å². The highest BCUT2D eigenvalue weighted by molar-refractivity contribution is 7.15. The fraction of sp³-hybridized carbons (Fsp3) is 0.143. The molecule has 0 aliphatic carbocycles. The molecule has 0 fully saturated rings. The zero-order chi connectivity index (χ0) is 14.8. The first kappa shape index (κ1) is 14.0. The molecule has 0 saturated heterocycles. The van der Waals surface area contributed by atoms with Gasteiger partial charge in [-0.05, 0) is 30.7 Å². The first-order valence-electron chi connectivity index (χ1n) is 6.27. The van der Waals surface area contributed by atoms with Crippen LogP contribution in [0, 0.1) is 12.7 Å². The van der Waals surface area contributed by atoms with Gasteiger partial charge >= 0.3 is 0 Å². The van der Waals surface area contributed by atoms with Crippen LogP contribution >= 0.6 is 22.9 Å². The number of hydrogen-bond acceptors (Lipinski definition) is 4. The summed E-state index contributed by atoms with van der Waals surface area (Å²) in [5.74, 6) is -0.328. The second-order valence-corrected chi connectivity index (χ2v) is 6.26. The molecule has 0 atom stereocenters. The summed E-state index contributed by atoms with van der Waals surface area (Å²) in [6, 6.07) is 4.97. The summed E-state index contributed by atoms with van der Waals surface area (Å²) >= 11 is 7.17. The number of thiazole rings is 1. The Labute approximate surface area is 130 Å². The lowest BCUT2D eigenvalue weighted by Crippen LogP contribution is -2.01. The summed E-state index contributed by atoms with van der Waals surface area (Å²) in [5.41, 5.74) is 2.11. The monoisotopic (exact) mass is 322 g/mol. The lowest BCUT2D eigenvalue weighted by atomic mass is 10.2. The molecule has 0 unspecified atom stereocenters. The highest BCUT2D eigenvalue weighted by Gasteiger charge is 2.07. The van der Waals surface area contributed by atoms with E-state index >= 15 is 0 Å². The van der Waals surface area contributed by atoms with E-state index < -0.39 is 0 Å². The number of halogens is 2. The van der Waals surface area contributed by atoms with E-state index in [4.69, 9.17) is 11.6 Å². The second-order valence-electron chi connectivity index (χ2n) is 4.56. The molecule has 0 aliphatic rings. The molecule has 3 rings (SSSR count). The van der Waals surface area contributed by atoms with Crippen LogP contribution in [0.2, 0.25) is 4.47 Å². The normalized spacial score (nSPS) is 10.8. The number of aromatic nitrogens is 3. The van der Waals surface area contributed by atoms with Crippen LogP contribution in [-0.4, -0.2) is 14.8 Å². The summed E-state index contributed by atoms with van der Waals surface area (Å²) < 4.78 is 16.2. The van der Waals surface area contributed by atoms with Gasteiger partial charge in [-0.3, -0.25) is 0 Å². The average Bonchev–Trinajstić information content (AvgIpc) is 3.05. The minimum absolute atomic E-state index is 0.328. The van der Waals surface area contributed by atoms with Gasteiger partial charge in [0.1, 0.15) is 5.69 Å². The highest BCUT2D eigenvalue weighted by Crippen LogP contribution is 2.21. The molecule has 3 aromatic rings. The van der Waals surface area contributed by atoms with Gasteiger partial charge in [0, 0.05) is 23.0 Å². The van der Waals surface area contributed by atoms with Crippen molar-refractivity contribution in [3.05, 3.63) is 57.5 Å². The Bertz CT molecular complexity index is 768. The van der Waals surface area contributed by atoms with Gasteiger partial charge in [0.25, 0.3) is 0 Å². The molecular weight excluding hydrogens is 311 g/mol. The molecule has 1 aromatic carbocycles. The number of nitrogens with one attached hydrogen (secondary N) is 1. The fourth-order valence-electron chi connectivity index (χ4n) is 1.90. The summed E-state index contributed by atoms with van der Waals surface area (Å²) in [5, 5.41) is 7.25. The van der Waals surface area contributed by atoms with Gasteiger partial charge in [0.2, 0.25) is 0 Å². The van der Waals surface area contributed by atoms with Crippen LogP contribution < -0.4 is 5.32 Å². The lowest BCUT2D eigenvalue weighted by Gasteiger charge is -2.08. The molecule has 0 radical (unpaired) electrons. The van der Waals surface area contributed by atoms with Gasteiger partial charge in [0.15, 0.2) is 10.3 Å². The molecule has 2 aromatic heterocycles. The molecule has 1 N–H and O–H groups in total. The summed E-state index contributed by atoms with van der Waals surface area (Å²) in [6.45, 7) is 2.47. The predicted molar refractivity (Wildman–Crippen MR) is 82.7 cm³/mol. The zero-order valence-corrected chi connectivity index (χ0v) is 12.7. The molecule has 4 nitrogen and oxygen atoms in total. The minimum Gasteiger partial charge on any atom is -0.380 e. The Hall–Kier alpha value is -1.92. The third kappa shape index (κ3) is 3.22. The molecule has 0 saturated carbocycles. The van der Waals surface area contributed by atoms with Gasteiger partial charge < -0.3 is 5.32 Å². The molecule has 0 bridgehead atoms. The van der Waals surface area contributed by atoms with Crippen LogP contribution in [0.25, 0.3) is 5.69 Å². The van der Waals surface area contributed by atoms with Crippen molar-refractivity contribution in [1.29, 1.82) is 0 Å². The molecule has 21 heavy (non-hydrogen) atoms. The zero-order valence-electron chi connectivity index (χ0n) is 11.2. The third-order valence-electron chi connectivity index (χ3n) is 2.90. The highest BCUT2D eigenvalue weighted by atomic mass is 35.5. The third-order valence-corrected chi connectivity index (χ3v) is 4.01. The van der Waals surface area contributed by atoms with Crippen LogP contribution in [0.1, 0.15) is 10.4 Å². The summed E-state index contributed by atoms with van der Waals surface area (Å²) in [6.07, 6.45) is 5.18. The molecule has 7 heteroatoms. The first-order valence-corrected chi connectivity index (χ1v) is 7.46. The van der Waals surface area contributed by atoms with Gasteiger partial charge in [-0.2, -0.15) is 5.10 Å². The van der Waals surface area contributed by atoms with E-state index in [9.17, 15) is 4.39 Å². The Morgan fingerprint density at radius 1 is 1.38 bits per heavy atom. The number of hydrogen-bond donors (Lipinski definition) is 1. The summed E-state index contributed by atoms with van der Waals surface area (Å²) in [7, 11) is 0. The van der Waals surface area contributed by atoms with Crippen LogP contribution in [-0.2, 0) is 6.54 Å². The van der Waals surface area contributed by atoms with E-state index in [1.807, 2.05) is 13.0 Å². The van der Waals surface area contributed by atoms with Crippen LogP contribution in [0.5, 0.6) is 0 Å². The fourth-order valence-corrected chi connectivity index (χ4v) is 2.82. The van der Waals surface area contributed by atoms with E-state index in [0.717, 1.165) is 10.4 Å². The molecule has 0 amide bonds. The Morgan fingerprint density at radius 3 is 2.86 bits per heavy atom. The number of rotatable bonds is 4. The smallest absolute Gasteiger partial charge is 0.183 e. The standard InChI is InChI=1S/C14H12ClFN4S/c1-9-5-19-20(8-9)13-3-2-10(4-12(13)16)17-6-11-7-18-14(15)21-11/h2-5,7-8,17H,6H2,1H3. The van der Waals surface area contributed by atoms with Crippen molar-refractivity contribution in [1.82, 2.24) is 14.8 Å². The number of nitrogens with zero attached hydrogens (tertiary/aromatic N) is 3. The Kier molecular flexibility index (Phi) is 3.90. The molecule has 0 aliphatic heterocycles. The van der Waals surface area contributed by atoms with E-state index in [1.165, 1.54) is 22.1 Å². The Balaban J connectivity index is 1.75. The van der Waals surface area contributed by atoms with Crippen molar-refractivity contribution in [2.75, 3.05) is 5.32 Å². The topological polar surface area (TPSA) is 42.7 Å². The number of anilines is 1. The maximum absolute atomic E-state index is 14.1. The minimum atomic E-state index is -0.328. The van der Waals surface area contributed by atoms with E-state index in [1.54, 1.807) is 24.7 Å². The van der Waals surface area contributed by atoms with Crippen molar-refractivity contribution in [3.63, 3.8) is 0 Å². The largest absolute Gasteiger partial charge is 0.380 e. The SMILES string of the molecule is Cc1cnn(-c2ccc(NCc3cnc(Cl)s3)cc2F)c1. The van der Waals surface area contributed by atoms with Crippen molar-refractivity contribution in [2.45, 2.75) is 13.5 Å². The average molecular weight is 323 g/mol. The number of aryl methyl sites for hydroxylation is 1. The van der Waals surface area contributed by atoms with E-state index in [-0.39, 0.29) is 5.82 Å². The van der Waals surface area contributed by atoms with Crippen LogP contribution in [0.4, 0.5) is 10.1 Å². The summed E-state index contributed by atoms with van der Waals surface area (Å²) in [4.78, 5) is 4.95. The molecule has 2 heterocycles. The maximum Gasteiger partial charge on any atom is 0.183 e. The van der Waals surface area contributed by atoms with E-state index in [2.05, 4.69) is 15.4 Å². The Morgan fingerprint density at radius 2 is 2.24 bits per heavy atom. The number of benzene rings is 1. The predicted octanol–water partition coefficient (Wildman–Crippen LogP) is 4.04. The first-order chi connectivity index (χ1) is 10.1. The van der Waals surface area contributed by atoms with Gasteiger partial charge in [-0.15, -0.1) is 11.3 Å². The molecule has 108 valence electrons. The van der Waals surface area contributed by atoms with Crippen LogP contribution in [0.15, 0.2) is 36.8 Å². The van der Waals surface area contributed by atoms with Crippen molar-refractivity contribution in [3.8, 4) is 5.69 Å². The van der Waals surface area contributed by atoms with Crippen molar-refractivity contribution >= 4 is 28.6 Å². The van der Waals surface area contributed by atoms with Crippen LogP contribution in [0.3, 0.4) is 0 Å².